The van der Waals surface area contributed by atoms with Crippen molar-refractivity contribution in [1.82, 2.24) is 5.32 Å². The van der Waals surface area contributed by atoms with Gasteiger partial charge in [0.25, 0.3) is 0 Å². The fourth-order valence-corrected chi connectivity index (χ4v) is 3.29. The third kappa shape index (κ3) is 2.82. The Morgan fingerprint density at radius 2 is 2.05 bits per heavy atom. The lowest BCUT2D eigenvalue weighted by Gasteiger charge is -2.47. The second kappa shape index (κ2) is 5.22. The minimum Gasteiger partial charge on any atom is -0.375 e. The van der Waals surface area contributed by atoms with Crippen molar-refractivity contribution < 1.29 is 9.13 Å². The Morgan fingerprint density at radius 1 is 1.32 bits per heavy atom. The zero-order valence-corrected chi connectivity index (χ0v) is 11.5. The molecule has 3 rings (SSSR count). The van der Waals surface area contributed by atoms with E-state index in [-0.39, 0.29) is 17.5 Å². The van der Waals surface area contributed by atoms with E-state index in [4.69, 9.17) is 4.74 Å². The minimum atomic E-state index is -0.171. The van der Waals surface area contributed by atoms with Gasteiger partial charge in [-0.1, -0.05) is 12.1 Å². The highest BCUT2D eigenvalue weighted by molar-refractivity contribution is 5.19. The number of nitrogens with one attached hydrogen (secondary N) is 1. The highest BCUT2D eigenvalue weighted by Crippen LogP contribution is 2.42. The maximum atomic E-state index is 12.9. The molecule has 1 unspecified atom stereocenters. The molecule has 1 aliphatic heterocycles. The van der Waals surface area contributed by atoms with Crippen LogP contribution in [0, 0.1) is 5.82 Å². The molecule has 3 heteroatoms. The Balaban J connectivity index is 1.59. The zero-order chi connectivity index (χ0) is 13.3. The van der Waals surface area contributed by atoms with Gasteiger partial charge in [0.2, 0.25) is 0 Å². The van der Waals surface area contributed by atoms with Gasteiger partial charge in [0.05, 0.1) is 5.60 Å². The Kier molecular flexibility index (Phi) is 3.59. The van der Waals surface area contributed by atoms with Crippen molar-refractivity contribution in [3.63, 3.8) is 0 Å². The lowest BCUT2D eigenvalue weighted by atomic mass is 9.74. The average Bonchev–Trinajstić information content (AvgIpc) is 2.38. The molecule has 19 heavy (non-hydrogen) atoms. The van der Waals surface area contributed by atoms with Crippen LogP contribution in [0.5, 0.6) is 0 Å². The summed E-state index contributed by atoms with van der Waals surface area (Å²) in [5.74, 6) is -0.171. The second-order valence-electron chi connectivity index (χ2n) is 6.01. The molecule has 1 saturated heterocycles. The summed E-state index contributed by atoms with van der Waals surface area (Å²) in [5.41, 5.74) is 1.33. The van der Waals surface area contributed by atoms with Crippen LogP contribution in [0.2, 0.25) is 0 Å². The van der Waals surface area contributed by atoms with Gasteiger partial charge >= 0.3 is 0 Å². The molecule has 0 radical (unpaired) electrons. The van der Waals surface area contributed by atoms with Crippen LogP contribution in [-0.2, 0) is 4.74 Å². The van der Waals surface area contributed by atoms with Crippen LogP contribution in [-0.4, -0.2) is 18.2 Å². The molecule has 1 aromatic rings. The average molecular weight is 263 g/mol. The van der Waals surface area contributed by atoms with E-state index in [1.807, 2.05) is 12.1 Å². The Bertz CT molecular complexity index is 427. The van der Waals surface area contributed by atoms with E-state index in [2.05, 4.69) is 12.2 Å². The SMILES string of the molecule is C[C@H](NC1CCOC2(CCC2)C1)c1ccc(F)cc1. The number of halogens is 1. The summed E-state index contributed by atoms with van der Waals surface area (Å²) in [4.78, 5) is 0. The first-order chi connectivity index (χ1) is 9.17. The molecule has 1 heterocycles. The van der Waals surface area contributed by atoms with E-state index in [1.165, 1.54) is 31.4 Å². The third-order valence-corrected chi connectivity index (χ3v) is 4.61. The van der Waals surface area contributed by atoms with Gasteiger partial charge in [-0.3, -0.25) is 0 Å². The highest BCUT2D eigenvalue weighted by atomic mass is 19.1. The molecule has 0 aromatic heterocycles. The largest absolute Gasteiger partial charge is 0.375 e. The predicted octanol–water partition coefficient (Wildman–Crippen LogP) is 3.58. The van der Waals surface area contributed by atoms with Gasteiger partial charge in [0, 0.05) is 18.7 Å². The lowest BCUT2D eigenvalue weighted by molar-refractivity contribution is -0.136. The van der Waals surface area contributed by atoms with Gasteiger partial charge in [-0.25, -0.2) is 4.39 Å². The van der Waals surface area contributed by atoms with Crippen LogP contribution in [0.4, 0.5) is 4.39 Å². The molecule has 104 valence electrons. The van der Waals surface area contributed by atoms with E-state index < -0.39 is 0 Å². The van der Waals surface area contributed by atoms with Gasteiger partial charge in [0.15, 0.2) is 0 Å². The van der Waals surface area contributed by atoms with Gasteiger partial charge in [-0.2, -0.15) is 0 Å². The first kappa shape index (κ1) is 13.1. The normalized spacial score (nSPS) is 26.9. The number of hydrogen-bond acceptors (Lipinski definition) is 2. The summed E-state index contributed by atoms with van der Waals surface area (Å²) >= 11 is 0. The fraction of sp³-hybridized carbons (Fsp3) is 0.625. The molecule has 2 fully saturated rings. The fourth-order valence-electron chi connectivity index (χ4n) is 3.29. The quantitative estimate of drug-likeness (QED) is 0.900. The van der Waals surface area contributed by atoms with Crippen molar-refractivity contribution in [2.24, 2.45) is 0 Å². The molecule has 1 N–H and O–H groups in total. The summed E-state index contributed by atoms with van der Waals surface area (Å²) in [7, 11) is 0. The Labute approximate surface area is 114 Å². The summed E-state index contributed by atoms with van der Waals surface area (Å²) in [5, 5.41) is 3.68. The third-order valence-electron chi connectivity index (χ3n) is 4.61. The lowest BCUT2D eigenvalue weighted by Crippen LogP contribution is -2.51. The van der Waals surface area contributed by atoms with Crippen molar-refractivity contribution in [2.45, 2.75) is 56.7 Å². The van der Waals surface area contributed by atoms with Gasteiger partial charge in [0.1, 0.15) is 5.82 Å². The topological polar surface area (TPSA) is 21.3 Å². The molecule has 1 saturated carbocycles. The van der Waals surface area contributed by atoms with E-state index in [0.29, 0.717) is 6.04 Å². The molecule has 2 nitrogen and oxygen atoms in total. The number of rotatable bonds is 3. The molecule has 2 aliphatic rings. The van der Waals surface area contributed by atoms with E-state index >= 15 is 0 Å². The van der Waals surface area contributed by atoms with Crippen molar-refractivity contribution in [2.75, 3.05) is 6.61 Å². The van der Waals surface area contributed by atoms with Crippen LogP contribution in [0.3, 0.4) is 0 Å². The molecule has 0 bridgehead atoms. The Hall–Kier alpha value is -0.930. The highest BCUT2D eigenvalue weighted by Gasteiger charge is 2.42. The van der Waals surface area contributed by atoms with E-state index in [0.717, 1.165) is 25.0 Å². The summed E-state index contributed by atoms with van der Waals surface area (Å²) in [6, 6.07) is 7.59. The second-order valence-corrected chi connectivity index (χ2v) is 6.01. The van der Waals surface area contributed by atoms with Crippen LogP contribution in [0.1, 0.15) is 50.6 Å². The monoisotopic (exact) mass is 263 g/mol. The van der Waals surface area contributed by atoms with Crippen LogP contribution < -0.4 is 5.32 Å². The summed E-state index contributed by atoms with van der Waals surface area (Å²) in [6.45, 7) is 3.02. The van der Waals surface area contributed by atoms with Crippen molar-refractivity contribution in [3.8, 4) is 0 Å². The molecular formula is C16H22FNO. The molecule has 1 spiro atoms. The van der Waals surface area contributed by atoms with E-state index in [9.17, 15) is 4.39 Å². The summed E-state index contributed by atoms with van der Waals surface area (Å²) < 4.78 is 18.9. The first-order valence-corrected chi connectivity index (χ1v) is 7.32. The molecule has 1 aliphatic carbocycles. The molecular weight excluding hydrogens is 241 g/mol. The van der Waals surface area contributed by atoms with Crippen molar-refractivity contribution in [3.05, 3.63) is 35.6 Å². The van der Waals surface area contributed by atoms with Gasteiger partial charge in [-0.05, 0) is 56.7 Å². The molecule has 0 amide bonds. The molecule has 1 aromatic carbocycles. The van der Waals surface area contributed by atoms with Crippen LogP contribution >= 0.6 is 0 Å². The minimum absolute atomic E-state index is 0.171. The summed E-state index contributed by atoms with van der Waals surface area (Å²) in [6.07, 6.45) is 5.94. The Morgan fingerprint density at radius 3 is 2.68 bits per heavy atom. The number of ether oxygens (including phenoxy) is 1. The maximum absolute atomic E-state index is 12.9. The molecule has 2 atom stereocenters. The first-order valence-electron chi connectivity index (χ1n) is 7.32. The van der Waals surface area contributed by atoms with Crippen LogP contribution in [0.15, 0.2) is 24.3 Å². The standard InChI is InChI=1S/C16H22FNO/c1-12(13-3-5-14(17)6-4-13)18-15-7-10-19-16(11-15)8-2-9-16/h3-6,12,15,18H,2,7-11H2,1H3/t12-,15?/m0/s1. The van der Waals surface area contributed by atoms with Crippen molar-refractivity contribution >= 4 is 0 Å². The van der Waals surface area contributed by atoms with Crippen molar-refractivity contribution in [1.29, 1.82) is 0 Å². The zero-order valence-electron chi connectivity index (χ0n) is 11.5. The predicted molar refractivity (Wildman–Crippen MR) is 73.5 cm³/mol. The number of hydrogen-bond donors (Lipinski definition) is 1. The van der Waals surface area contributed by atoms with E-state index in [1.54, 1.807) is 0 Å². The van der Waals surface area contributed by atoms with Gasteiger partial charge < -0.3 is 10.1 Å². The maximum Gasteiger partial charge on any atom is 0.123 e. The number of benzene rings is 1. The smallest absolute Gasteiger partial charge is 0.123 e. The van der Waals surface area contributed by atoms with Crippen LogP contribution in [0.25, 0.3) is 0 Å². The van der Waals surface area contributed by atoms with Gasteiger partial charge in [-0.15, -0.1) is 0 Å².